The highest BCUT2D eigenvalue weighted by atomic mass is 15.1. The fourth-order valence-corrected chi connectivity index (χ4v) is 5.83. The molecule has 0 radical (unpaired) electrons. The molecular formula is C34H25N. The van der Waals surface area contributed by atoms with Crippen LogP contribution in [0.15, 0.2) is 133 Å². The molecule has 0 bridgehead atoms. The van der Waals surface area contributed by atoms with Gasteiger partial charge in [-0.3, -0.25) is 0 Å². The highest BCUT2D eigenvalue weighted by Gasteiger charge is 2.34. The predicted octanol–water partition coefficient (Wildman–Crippen LogP) is 8.82. The molecular weight excluding hydrogens is 422 g/mol. The normalized spacial score (nSPS) is 13.1. The molecule has 0 saturated carbocycles. The Hall–Kier alpha value is -4.36. The van der Waals surface area contributed by atoms with Gasteiger partial charge < -0.3 is 4.90 Å². The van der Waals surface area contributed by atoms with Crippen LogP contribution in [0.25, 0.3) is 21.5 Å². The molecule has 0 unspecified atom stereocenters. The molecule has 1 nitrogen and oxygen atoms in total. The third-order valence-electron chi connectivity index (χ3n) is 7.37. The van der Waals surface area contributed by atoms with E-state index in [1.807, 2.05) is 0 Å². The number of fused-ring (bicyclic) bond motifs is 6. The van der Waals surface area contributed by atoms with Crippen molar-refractivity contribution in [1.82, 2.24) is 0 Å². The molecule has 6 aromatic rings. The van der Waals surface area contributed by atoms with E-state index in [1.54, 1.807) is 0 Å². The molecule has 166 valence electrons. The maximum atomic E-state index is 2.53. The third kappa shape index (κ3) is 3.24. The zero-order valence-corrected chi connectivity index (χ0v) is 19.4. The molecule has 0 amide bonds. The second-order valence-corrected chi connectivity index (χ2v) is 9.35. The summed E-state index contributed by atoms with van der Waals surface area (Å²) in [5, 5.41) is 5.23. The van der Waals surface area contributed by atoms with Gasteiger partial charge in [0, 0.05) is 23.8 Å². The van der Waals surface area contributed by atoms with E-state index in [2.05, 4.69) is 138 Å². The first-order chi connectivity index (χ1) is 17.4. The van der Waals surface area contributed by atoms with Gasteiger partial charge in [-0.05, 0) is 55.9 Å². The first kappa shape index (κ1) is 20.1. The van der Waals surface area contributed by atoms with Crippen LogP contribution in [0.4, 0.5) is 11.4 Å². The molecule has 1 heterocycles. The summed E-state index contributed by atoms with van der Waals surface area (Å²) in [5.41, 5.74) is 8.03. The van der Waals surface area contributed by atoms with Crippen molar-refractivity contribution in [3.05, 3.63) is 156 Å². The molecule has 0 spiro atoms. The van der Waals surface area contributed by atoms with Gasteiger partial charge in [0.25, 0.3) is 0 Å². The van der Waals surface area contributed by atoms with Gasteiger partial charge in [-0.1, -0.05) is 121 Å². The van der Waals surface area contributed by atoms with Gasteiger partial charge in [-0.25, -0.2) is 0 Å². The average Bonchev–Trinajstić information content (AvgIpc) is 2.93. The summed E-state index contributed by atoms with van der Waals surface area (Å²) in [4.78, 5) is 2.53. The minimum absolute atomic E-state index is 0.158. The van der Waals surface area contributed by atoms with Crippen molar-refractivity contribution < 1.29 is 0 Å². The first-order valence-corrected chi connectivity index (χ1v) is 12.3. The SMILES string of the molecule is c1ccc(CN2c3ccc4ccccc4c3C(c3ccccc3)c3c2ccc2ccccc32)cc1. The summed E-state index contributed by atoms with van der Waals surface area (Å²) in [5.74, 6) is 0.158. The fraction of sp³-hybridized carbons (Fsp3) is 0.0588. The number of nitrogens with zero attached hydrogens (tertiary/aromatic N) is 1. The summed E-state index contributed by atoms with van der Waals surface area (Å²) in [6.45, 7) is 0.832. The van der Waals surface area contributed by atoms with Crippen molar-refractivity contribution in [2.45, 2.75) is 12.5 Å². The molecule has 0 fully saturated rings. The van der Waals surface area contributed by atoms with E-state index in [0.717, 1.165) is 6.54 Å². The fourth-order valence-electron chi connectivity index (χ4n) is 5.83. The minimum Gasteiger partial charge on any atom is -0.336 e. The Morgan fingerprint density at radius 3 is 1.51 bits per heavy atom. The Bertz CT molecular complexity index is 1580. The maximum Gasteiger partial charge on any atom is 0.0481 e. The molecule has 1 aliphatic rings. The topological polar surface area (TPSA) is 3.24 Å². The lowest BCUT2D eigenvalue weighted by Gasteiger charge is -2.39. The predicted molar refractivity (Wildman–Crippen MR) is 148 cm³/mol. The zero-order chi connectivity index (χ0) is 23.2. The second kappa shape index (κ2) is 8.14. The molecule has 0 atom stereocenters. The summed E-state index contributed by atoms with van der Waals surface area (Å²) in [7, 11) is 0. The number of rotatable bonds is 3. The molecule has 1 heteroatoms. The van der Waals surface area contributed by atoms with Gasteiger partial charge in [-0.15, -0.1) is 0 Å². The van der Waals surface area contributed by atoms with E-state index in [-0.39, 0.29) is 5.92 Å². The number of anilines is 2. The lowest BCUT2D eigenvalue weighted by molar-refractivity contribution is 0.885. The van der Waals surface area contributed by atoms with E-state index < -0.39 is 0 Å². The monoisotopic (exact) mass is 447 g/mol. The van der Waals surface area contributed by atoms with E-state index in [0.29, 0.717) is 0 Å². The Morgan fingerprint density at radius 2 is 0.943 bits per heavy atom. The van der Waals surface area contributed by atoms with Crippen LogP contribution in [0.5, 0.6) is 0 Å². The molecule has 7 rings (SSSR count). The molecule has 35 heavy (non-hydrogen) atoms. The average molecular weight is 448 g/mol. The lowest BCUT2D eigenvalue weighted by atomic mass is 9.76. The highest BCUT2D eigenvalue weighted by Crippen LogP contribution is 2.53. The smallest absolute Gasteiger partial charge is 0.0481 e. The van der Waals surface area contributed by atoms with Crippen LogP contribution in [-0.2, 0) is 6.54 Å². The maximum absolute atomic E-state index is 2.53. The Balaban J connectivity index is 1.60. The van der Waals surface area contributed by atoms with Crippen molar-refractivity contribution in [1.29, 1.82) is 0 Å². The van der Waals surface area contributed by atoms with Crippen LogP contribution in [0, 0.1) is 0 Å². The first-order valence-electron chi connectivity index (χ1n) is 12.3. The molecule has 0 N–H and O–H groups in total. The van der Waals surface area contributed by atoms with Crippen molar-refractivity contribution in [3.8, 4) is 0 Å². The summed E-state index contributed by atoms with van der Waals surface area (Å²) in [6.07, 6.45) is 0. The summed E-state index contributed by atoms with van der Waals surface area (Å²) < 4.78 is 0. The van der Waals surface area contributed by atoms with Crippen LogP contribution in [0.3, 0.4) is 0 Å². The third-order valence-corrected chi connectivity index (χ3v) is 7.37. The van der Waals surface area contributed by atoms with Gasteiger partial charge in [0.2, 0.25) is 0 Å². The molecule has 0 saturated heterocycles. The highest BCUT2D eigenvalue weighted by molar-refractivity contribution is 6.00. The quantitative estimate of drug-likeness (QED) is 0.262. The van der Waals surface area contributed by atoms with Gasteiger partial charge in [0.1, 0.15) is 0 Å². The number of hydrogen-bond donors (Lipinski definition) is 0. The van der Waals surface area contributed by atoms with Crippen LogP contribution >= 0.6 is 0 Å². The van der Waals surface area contributed by atoms with Crippen LogP contribution < -0.4 is 4.90 Å². The molecule has 6 aromatic carbocycles. The Labute approximate surface area is 205 Å². The molecule has 1 aliphatic heterocycles. The largest absolute Gasteiger partial charge is 0.336 e. The number of hydrogen-bond acceptors (Lipinski definition) is 1. The van der Waals surface area contributed by atoms with E-state index in [1.165, 1.54) is 55.2 Å². The summed E-state index contributed by atoms with van der Waals surface area (Å²) >= 11 is 0. The van der Waals surface area contributed by atoms with Crippen molar-refractivity contribution in [2.24, 2.45) is 0 Å². The van der Waals surface area contributed by atoms with Crippen LogP contribution in [-0.4, -0.2) is 0 Å². The minimum atomic E-state index is 0.158. The van der Waals surface area contributed by atoms with Crippen molar-refractivity contribution in [3.63, 3.8) is 0 Å². The Morgan fingerprint density at radius 1 is 0.457 bits per heavy atom. The molecule has 0 aromatic heterocycles. The van der Waals surface area contributed by atoms with E-state index in [4.69, 9.17) is 0 Å². The van der Waals surface area contributed by atoms with Crippen molar-refractivity contribution in [2.75, 3.05) is 4.90 Å². The second-order valence-electron chi connectivity index (χ2n) is 9.35. The Kier molecular flexibility index (Phi) is 4.67. The van der Waals surface area contributed by atoms with Crippen LogP contribution in [0.2, 0.25) is 0 Å². The van der Waals surface area contributed by atoms with Crippen molar-refractivity contribution >= 4 is 32.9 Å². The van der Waals surface area contributed by atoms with Gasteiger partial charge in [0.05, 0.1) is 0 Å². The van der Waals surface area contributed by atoms with Gasteiger partial charge in [0.15, 0.2) is 0 Å². The lowest BCUT2D eigenvalue weighted by Crippen LogP contribution is -2.26. The van der Waals surface area contributed by atoms with Gasteiger partial charge in [-0.2, -0.15) is 0 Å². The number of benzene rings is 6. The molecule has 0 aliphatic carbocycles. The summed E-state index contributed by atoms with van der Waals surface area (Å²) in [6, 6.07) is 48.7. The van der Waals surface area contributed by atoms with Gasteiger partial charge >= 0.3 is 0 Å². The van der Waals surface area contributed by atoms with E-state index in [9.17, 15) is 0 Å². The van der Waals surface area contributed by atoms with Crippen LogP contribution in [0.1, 0.15) is 28.2 Å². The van der Waals surface area contributed by atoms with E-state index >= 15 is 0 Å². The standard InChI is InChI=1S/C34H25N/c1-3-11-24(12-4-1)23-35-30-21-19-25-13-7-9-17-28(25)33(30)32(27-15-5-2-6-16-27)34-29-18-10-8-14-26(29)20-22-31(34)35/h1-22,32H,23H2. The zero-order valence-electron chi connectivity index (χ0n) is 19.4.